The maximum Gasteiger partial charge on any atom is 0.307 e. The monoisotopic (exact) mass is 303 g/mol. The molecule has 0 atom stereocenters. The number of non-ortho nitro benzene ring substituents is 1. The van der Waals surface area contributed by atoms with Crippen LogP contribution in [0.15, 0.2) is 28.0 Å². The molecule has 0 radical (unpaired) electrons. The fourth-order valence-corrected chi connectivity index (χ4v) is 2.80. The molecule has 0 saturated heterocycles. The van der Waals surface area contributed by atoms with Crippen LogP contribution in [0.4, 0.5) is 11.4 Å². The highest BCUT2D eigenvalue weighted by Gasteiger charge is 2.21. The third-order valence-corrected chi connectivity index (χ3v) is 3.91. The maximum atomic E-state index is 11.2. The number of aromatic amines is 1. The molecule has 3 rings (SSSR count). The summed E-state index contributed by atoms with van der Waals surface area (Å²) < 4.78 is 0. The summed E-state index contributed by atoms with van der Waals surface area (Å²) in [4.78, 5) is 28.1. The number of aromatic hydroxyl groups is 1. The van der Waals surface area contributed by atoms with Crippen molar-refractivity contribution in [2.75, 3.05) is 0 Å². The van der Waals surface area contributed by atoms with Gasteiger partial charge >= 0.3 is 4.87 Å². The van der Waals surface area contributed by atoms with Gasteiger partial charge in [-0.1, -0.05) is 11.3 Å². The van der Waals surface area contributed by atoms with E-state index in [0.717, 1.165) is 22.5 Å². The van der Waals surface area contributed by atoms with E-state index in [2.05, 4.69) is 9.98 Å². The number of nitro groups is 1. The second kappa shape index (κ2) is 4.67. The van der Waals surface area contributed by atoms with Crippen molar-refractivity contribution in [2.45, 2.75) is 6.92 Å². The van der Waals surface area contributed by atoms with Crippen LogP contribution in [0.1, 0.15) is 17.4 Å². The van der Waals surface area contributed by atoms with Gasteiger partial charge in [-0.05, 0) is 19.1 Å². The van der Waals surface area contributed by atoms with Crippen LogP contribution < -0.4 is 4.87 Å². The highest BCUT2D eigenvalue weighted by Crippen LogP contribution is 2.39. The average molecular weight is 303 g/mol. The number of fused-ring (bicyclic) bond motifs is 1. The molecule has 1 aliphatic rings. The zero-order chi connectivity index (χ0) is 15.1. The van der Waals surface area contributed by atoms with E-state index in [-0.39, 0.29) is 16.4 Å². The number of nitro benzene ring substituents is 1. The second-order valence-corrected chi connectivity index (χ2v) is 5.46. The molecule has 0 spiro atoms. The van der Waals surface area contributed by atoms with Crippen molar-refractivity contribution >= 4 is 40.1 Å². The molecule has 0 amide bonds. The third-order valence-electron chi connectivity index (χ3n) is 3.09. The van der Waals surface area contributed by atoms with Crippen molar-refractivity contribution < 1.29 is 10.0 Å². The Kier molecular flexibility index (Phi) is 2.95. The Morgan fingerprint density at radius 1 is 1.48 bits per heavy atom. The molecule has 0 bridgehead atoms. The average Bonchev–Trinajstić information content (AvgIpc) is 2.89. The molecule has 21 heavy (non-hydrogen) atoms. The van der Waals surface area contributed by atoms with Crippen molar-refractivity contribution in [1.29, 1.82) is 0 Å². The summed E-state index contributed by atoms with van der Waals surface area (Å²) in [6.07, 6.45) is 1.65. The number of nitrogens with one attached hydrogen (secondary N) is 1. The van der Waals surface area contributed by atoms with Gasteiger partial charge in [0.2, 0.25) is 5.88 Å². The summed E-state index contributed by atoms with van der Waals surface area (Å²) in [5.41, 5.74) is 2.62. The number of benzene rings is 1. The molecule has 7 nitrogen and oxygen atoms in total. The van der Waals surface area contributed by atoms with E-state index in [1.807, 2.05) is 0 Å². The molecule has 2 heterocycles. The molecule has 1 aromatic carbocycles. The summed E-state index contributed by atoms with van der Waals surface area (Å²) in [7, 11) is 0. The number of rotatable bonds is 2. The van der Waals surface area contributed by atoms with E-state index < -0.39 is 4.92 Å². The molecule has 2 aromatic rings. The Labute approximate surface area is 122 Å². The van der Waals surface area contributed by atoms with Gasteiger partial charge in [-0.25, -0.2) is 0 Å². The largest absolute Gasteiger partial charge is 0.493 e. The first-order chi connectivity index (χ1) is 9.95. The van der Waals surface area contributed by atoms with E-state index in [4.69, 9.17) is 0 Å². The highest BCUT2D eigenvalue weighted by atomic mass is 32.1. The molecule has 1 aromatic heterocycles. The number of aliphatic imine (C=N–C) groups is 1. The van der Waals surface area contributed by atoms with Crippen LogP contribution in [0.25, 0.3) is 11.6 Å². The smallest absolute Gasteiger partial charge is 0.307 e. The molecular weight excluding hydrogens is 294 g/mol. The van der Waals surface area contributed by atoms with Crippen molar-refractivity contribution in [3.8, 4) is 5.88 Å². The first kappa shape index (κ1) is 13.3. The minimum absolute atomic E-state index is 0.0271. The number of nitrogens with zero attached hydrogens (tertiary/aromatic N) is 2. The zero-order valence-electron chi connectivity index (χ0n) is 10.8. The van der Waals surface area contributed by atoms with Crippen LogP contribution in [-0.2, 0) is 0 Å². The summed E-state index contributed by atoms with van der Waals surface area (Å²) in [6, 6.07) is 4.42. The van der Waals surface area contributed by atoms with Crippen molar-refractivity contribution in [3.63, 3.8) is 0 Å². The van der Waals surface area contributed by atoms with Gasteiger partial charge in [0.25, 0.3) is 5.69 Å². The Hall–Kier alpha value is -2.74. The number of allylic oxidation sites excluding steroid dienone is 1. The van der Waals surface area contributed by atoms with Gasteiger partial charge in [-0.15, -0.1) is 0 Å². The third kappa shape index (κ3) is 2.25. The van der Waals surface area contributed by atoms with Gasteiger partial charge in [-0.3, -0.25) is 24.9 Å². The van der Waals surface area contributed by atoms with Crippen LogP contribution >= 0.6 is 11.3 Å². The molecule has 1 aliphatic heterocycles. The minimum atomic E-state index is -0.476. The normalized spacial score (nSPS) is 15.1. The molecule has 0 saturated carbocycles. The van der Waals surface area contributed by atoms with Crippen LogP contribution in [0.5, 0.6) is 5.88 Å². The summed E-state index contributed by atoms with van der Waals surface area (Å²) >= 11 is 0.885. The van der Waals surface area contributed by atoms with E-state index in [1.54, 1.807) is 19.1 Å². The Morgan fingerprint density at radius 2 is 2.24 bits per heavy atom. The summed E-state index contributed by atoms with van der Waals surface area (Å²) in [5, 5.41) is 20.4. The molecule has 2 N–H and O–H groups in total. The zero-order valence-corrected chi connectivity index (χ0v) is 11.6. The number of H-pyrrole nitrogens is 1. The fraction of sp³-hybridized carbons (Fsp3) is 0.0769. The first-order valence-corrected chi connectivity index (χ1v) is 6.75. The lowest BCUT2D eigenvalue weighted by atomic mass is 10.0. The SMILES string of the molecule is CC1=Nc2cc([N+](=O)[O-])ccc2C1=Cc1sc(=O)[nH]c1O. The van der Waals surface area contributed by atoms with Gasteiger partial charge < -0.3 is 5.11 Å². The number of hydrogen-bond acceptors (Lipinski definition) is 6. The predicted molar refractivity (Wildman–Crippen MR) is 80.3 cm³/mol. The topological polar surface area (TPSA) is 109 Å². The van der Waals surface area contributed by atoms with E-state index in [0.29, 0.717) is 16.3 Å². The Balaban J connectivity index is 2.12. The second-order valence-electron chi connectivity index (χ2n) is 4.44. The van der Waals surface area contributed by atoms with E-state index >= 15 is 0 Å². The lowest BCUT2D eigenvalue weighted by Gasteiger charge is -2.01. The molecular formula is C13H9N3O4S. The van der Waals surface area contributed by atoms with Gasteiger partial charge in [-0.2, -0.15) is 0 Å². The molecule has 0 aliphatic carbocycles. The molecule has 0 fully saturated rings. The Morgan fingerprint density at radius 3 is 2.86 bits per heavy atom. The molecule has 8 heteroatoms. The number of thiazole rings is 1. The number of aromatic nitrogens is 1. The van der Waals surface area contributed by atoms with Crippen molar-refractivity contribution in [2.24, 2.45) is 4.99 Å². The standard InChI is InChI=1S/C13H9N3O4S/c1-6-9(5-11-12(17)15-13(18)21-11)8-3-2-7(16(19)20)4-10(8)14-6/h2-5,17H,1H3,(H,15,18). The summed E-state index contributed by atoms with van der Waals surface area (Å²) in [5.74, 6) is -0.194. The van der Waals surface area contributed by atoms with Gasteiger partial charge in [0.1, 0.15) is 0 Å². The van der Waals surface area contributed by atoms with Crippen molar-refractivity contribution in [3.05, 3.63) is 48.4 Å². The van der Waals surface area contributed by atoms with E-state index in [9.17, 15) is 20.0 Å². The van der Waals surface area contributed by atoms with Crippen LogP contribution in [0.2, 0.25) is 0 Å². The lowest BCUT2D eigenvalue weighted by molar-refractivity contribution is -0.384. The van der Waals surface area contributed by atoms with E-state index in [1.165, 1.54) is 12.1 Å². The van der Waals surface area contributed by atoms with Gasteiger partial charge in [0.05, 0.1) is 15.5 Å². The summed E-state index contributed by atoms with van der Waals surface area (Å²) in [6.45, 7) is 1.77. The van der Waals surface area contributed by atoms with Gasteiger partial charge in [0, 0.05) is 29.0 Å². The number of hydrogen-bond donors (Lipinski definition) is 2. The fourth-order valence-electron chi connectivity index (χ4n) is 2.13. The first-order valence-electron chi connectivity index (χ1n) is 5.94. The lowest BCUT2D eigenvalue weighted by Crippen LogP contribution is -1.90. The predicted octanol–water partition coefficient (Wildman–Crippen LogP) is 2.70. The quantitative estimate of drug-likeness (QED) is 0.656. The van der Waals surface area contributed by atoms with Gasteiger partial charge in [0.15, 0.2) is 0 Å². The van der Waals surface area contributed by atoms with Crippen LogP contribution in [0.3, 0.4) is 0 Å². The van der Waals surface area contributed by atoms with Crippen molar-refractivity contribution in [1.82, 2.24) is 4.98 Å². The van der Waals surface area contributed by atoms with Crippen LogP contribution in [-0.4, -0.2) is 20.7 Å². The Bertz CT molecular complexity index is 876. The maximum absolute atomic E-state index is 11.2. The highest BCUT2D eigenvalue weighted by molar-refractivity contribution is 7.10. The molecule has 0 unspecified atom stereocenters. The van der Waals surface area contributed by atoms with Crippen LogP contribution in [0, 0.1) is 10.1 Å². The minimum Gasteiger partial charge on any atom is -0.493 e. The molecule has 106 valence electrons.